The van der Waals surface area contributed by atoms with E-state index in [-0.39, 0.29) is 30.3 Å². The van der Waals surface area contributed by atoms with Gasteiger partial charge in [-0.05, 0) is 49.6 Å². The lowest BCUT2D eigenvalue weighted by molar-refractivity contribution is -0.144. The summed E-state index contributed by atoms with van der Waals surface area (Å²) in [7, 11) is 0. The van der Waals surface area contributed by atoms with Crippen molar-refractivity contribution in [3.8, 4) is 11.5 Å². The second-order valence-corrected chi connectivity index (χ2v) is 9.67. The van der Waals surface area contributed by atoms with Gasteiger partial charge in [-0.15, -0.1) is 0 Å². The van der Waals surface area contributed by atoms with E-state index in [1.807, 2.05) is 13.8 Å². The van der Waals surface area contributed by atoms with Crippen LogP contribution in [-0.4, -0.2) is 40.6 Å². The lowest BCUT2D eigenvalue weighted by Gasteiger charge is -2.28. The van der Waals surface area contributed by atoms with Gasteiger partial charge in [0.05, 0.1) is 17.4 Å². The van der Waals surface area contributed by atoms with E-state index in [0.717, 1.165) is 0 Å². The number of aliphatic carboxylic acids is 1. The first-order valence-corrected chi connectivity index (χ1v) is 12.7. The molecule has 0 amide bonds. The monoisotopic (exact) mass is 527 g/mol. The molecule has 9 nitrogen and oxygen atoms in total. The van der Waals surface area contributed by atoms with Crippen LogP contribution in [0.4, 0.5) is 0 Å². The SMILES string of the molecule is CCC(C)C(=O)Oc1ccc(CC(N)(C[C@H](C)OC(=O)c2ccccc2)C(=O)O)cc1OC(=O)C(C)CC. The van der Waals surface area contributed by atoms with Gasteiger partial charge in [-0.1, -0.05) is 52.0 Å². The molecule has 0 bridgehead atoms. The molecule has 0 spiro atoms. The van der Waals surface area contributed by atoms with Crippen LogP contribution in [0.25, 0.3) is 0 Å². The lowest BCUT2D eigenvalue weighted by Crippen LogP contribution is -2.52. The Morgan fingerprint density at radius 3 is 1.95 bits per heavy atom. The number of hydrogen-bond acceptors (Lipinski definition) is 8. The molecule has 2 aromatic rings. The molecule has 3 N–H and O–H groups in total. The molecule has 9 heteroatoms. The maximum atomic E-state index is 12.5. The normalized spacial score (nSPS) is 14.9. The Labute approximate surface area is 223 Å². The van der Waals surface area contributed by atoms with Crippen LogP contribution < -0.4 is 15.2 Å². The quantitative estimate of drug-likeness (QED) is 0.283. The minimum Gasteiger partial charge on any atom is -0.480 e. The zero-order valence-corrected chi connectivity index (χ0v) is 22.6. The molecule has 0 aliphatic carbocycles. The average Bonchev–Trinajstić information content (AvgIpc) is 2.89. The highest BCUT2D eigenvalue weighted by molar-refractivity contribution is 5.89. The van der Waals surface area contributed by atoms with Gasteiger partial charge in [0, 0.05) is 12.8 Å². The summed E-state index contributed by atoms with van der Waals surface area (Å²) in [5.41, 5.74) is 5.28. The van der Waals surface area contributed by atoms with Gasteiger partial charge >= 0.3 is 23.9 Å². The maximum Gasteiger partial charge on any atom is 0.338 e. The van der Waals surface area contributed by atoms with Crippen molar-refractivity contribution >= 4 is 23.9 Å². The highest BCUT2D eigenvalue weighted by atomic mass is 16.6. The number of carboxylic acid groups (broad SMARTS) is 1. The molecule has 0 aliphatic rings. The van der Waals surface area contributed by atoms with Crippen LogP contribution in [0.5, 0.6) is 11.5 Å². The molecule has 0 fully saturated rings. The van der Waals surface area contributed by atoms with E-state index in [9.17, 15) is 24.3 Å². The van der Waals surface area contributed by atoms with Gasteiger partial charge < -0.3 is 25.1 Å². The third kappa shape index (κ3) is 8.41. The average molecular weight is 528 g/mol. The molecule has 0 aromatic heterocycles. The second kappa shape index (κ2) is 13.7. The molecule has 0 saturated carbocycles. The number of nitrogens with two attached hydrogens (primary N) is 1. The number of carbonyl (C=O) groups excluding carboxylic acids is 3. The van der Waals surface area contributed by atoms with Crippen molar-refractivity contribution in [1.29, 1.82) is 0 Å². The van der Waals surface area contributed by atoms with E-state index in [2.05, 4.69) is 0 Å². The minimum atomic E-state index is -1.80. The summed E-state index contributed by atoms with van der Waals surface area (Å²) in [6.07, 6.45) is -0.0237. The largest absolute Gasteiger partial charge is 0.480 e. The third-order valence-corrected chi connectivity index (χ3v) is 6.37. The molecule has 4 atom stereocenters. The Hall–Kier alpha value is -3.72. The number of hydrogen-bond donors (Lipinski definition) is 2. The standard InChI is InChI=1S/C29H37NO8/c1-6-18(3)25(31)37-23-14-13-21(15-24(23)38-26(32)19(4)7-2)17-29(30,28(34)35)16-20(5)36-27(33)22-11-9-8-10-12-22/h8-15,18-20H,6-7,16-17,30H2,1-5H3,(H,34,35)/t18?,19?,20-,29?/m0/s1. The van der Waals surface area contributed by atoms with E-state index < -0.39 is 41.4 Å². The summed E-state index contributed by atoms with van der Waals surface area (Å²) in [6.45, 7) is 8.70. The van der Waals surface area contributed by atoms with Gasteiger partial charge in [-0.25, -0.2) is 4.79 Å². The number of carbonyl (C=O) groups is 4. The number of esters is 3. The summed E-state index contributed by atoms with van der Waals surface area (Å²) >= 11 is 0. The van der Waals surface area contributed by atoms with E-state index in [0.29, 0.717) is 24.0 Å². The summed E-state index contributed by atoms with van der Waals surface area (Å²) < 4.78 is 16.4. The van der Waals surface area contributed by atoms with Crippen LogP contribution in [0.1, 0.15) is 69.8 Å². The zero-order chi connectivity index (χ0) is 28.5. The fourth-order valence-electron chi connectivity index (χ4n) is 3.56. The molecule has 3 unspecified atom stereocenters. The van der Waals surface area contributed by atoms with Crippen molar-refractivity contribution in [3.63, 3.8) is 0 Å². The first-order valence-electron chi connectivity index (χ1n) is 12.7. The van der Waals surface area contributed by atoms with Gasteiger partial charge in [0.15, 0.2) is 11.5 Å². The van der Waals surface area contributed by atoms with Crippen LogP contribution in [0.15, 0.2) is 48.5 Å². The van der Waals surface area contributed by atoms with E-state index in [1.54, 1.807) is 57.2 Å². The molecule has 0 saturated heterocycles. The molecular formula is C29H37NO8. The summed E-state index contributed by atoms with van der Waals surface area (Å²) in [5.74, 6) is -3.57. The first-order chi connectivity index (χ1) is 17.9. The Bertz CT molecular complexity index is 1130. The second-order valence-electron chi connectivity index (χ2n) is 9.67. The molecular weight excluding hydrogens is 490 g/mol. The van der Waals surface area contributed by atoms with Crippen LogP contribution in [0.3, 0.4) is 0 Å². The van der Waals surface area contributed by atoms with Gasteiger partial charge in [0.2, 0.25) is 0 Å². The summed E-state index contributed by atoms with van der Waals surface area (Å²) in [6, 6.07) is 12.8. The molecule has 0 radical (unpaired) electrons. The molecule has 206 valence electrons. The molecule has 0 heterocycles. The van der Waals surface area contributed by atoms with Gasteiger partial charge in [-0.2, -0.15) is 0 Å². The molecule has 38 heavy (non-hydrogen) atoms. The van der Waals surface area contributed by atoms with Crippen molar-refractivity contribution in [2.75, 3.05) is 0 Å². The number of benzene rings is 2. The predicted octanol–water partition coefficient (Wildman–Crippen LogP) is 4.55. The topological polar surface area (TPSA) is 142 Å². The predicted molar refractivity (Wildman–Crippen MR) is 141 cm³/mol. The van der Waals surface area contributed by atoms with Crippen LogP contribution in [-0.2, 0) is 25.5 Å². The first kappa shape index (κ1) is 30.5. The maximum absolute atomic E-state index is 12.5. The Morgan fingerprint density at radius 2 is 1.42 bits per heavy atom. The smallest absolute Gasteiger partial charge is 0.338 e. The van der Waals surface area contributed by atoms with Gasteiger partial charge in [-0.3, -0.25) is 14.4 Å². The molecule has 0 aliphatic heterocycles. The van der Waals surface area contributed by atoms with Gasteiger partial charge in [0.1, 0.15) is 11.6 Å². The third-order valence-electron chi connectivity index (χ3n) is 6.37. The van der Waals surface area contributed by atoms with Gasteiger partial charge in [0.25, 0.3) is 0 Å². The van der Waals surface area contributed by atoms with Crippen molar-refractivity contribution in [3.05, 3.63) is 59.7 Å². The van der Waals surface area contributed by atoms with Crippen molar-refractivity contribution in [2.45, 2.75) is 71.9 Å². The minimum absolute atomic E-state index is 0.000690. The fourth-order valence-corrected chi connectivity index (χ4v) is 3.56. The Morgan fingerprint density at radius 1 is 0.868 bits per heavy atom. The Balaban J connectivity index is 2.28. The Kier molecular flexibility index (Phi) is 11.0. The number of rotatable bonds is 13. The number of ether oxygens (including phenoxy) is 3. The summed E-state index contributed by atoms with van der Waals surface area (Å²) in [4.78, 5) is 49.5. The van der Waals surface area contributed by atoms with Crippen molar-refractivity contribution < 1.29 is 38.5 Å². The van der Waals surface area contributed by atoms with E-state index >= 15 is 0 Å². The molecule has 2 aromatic carbocycles. The van der Waals surface area contributed by atoms with Crippen LogP contribution in [0, 0.1) is 11.8 Å². The lowest BCUT2D eigenvalue weighted by atomic mass is 9.86. The number of carboxylic acids is 1. The zero-order valence-electron chi connectivity index (χ0n) is 22.6. The van der Waals surface area contributed by atoms with Crippen LogP contribution in [0.2, 0.25) is 0 Å². The fraction of sp³-hybridized carbons (Fsp3) is 0.448. The highest BCUT2D eigenvalue weighted by Gasteiger charge is 2.37. The van der Waals surface area contributed by atoms with Crippen molar-refractivity contribution in [1.82, 2.24) is 0 Å². The van der Waals surface area contributed by atoms with Crippen molar-refractivity contribution in [2.24, 2.45) is 17.6 Å². The van der Waals surface area contributed by atoms with Crippen LogP contribution >= 0.6 is 0 Å². The van der Waals surface area contributed by atoms with E-state index in [4.69, 9.17) is 19.9 Å². The summed E-state index contributed by atoms with van der Waals surface area (Å²) in [5, 5.41) is 9.95. The highest BCUT2D eigenvalue weighted by Crippen LogP contribution is 2.32. The van der Waals surface area contributed by atoms with E-state index in [1.165, 1.54) is 12.1 Å². The molecule has 2 rings (SSSR count).